The molecule has 3 aromatic rings. The zero-order valence-electron chi connectivity index (χ0n) is 10.6. The Bertz CT molecular complexity index is 706. The van der Waals surface area contributed by atoms with Crippen LogP contribution in [0.4, 0.5) is 5.82 Å². The third kappa shape index (κ3) is 1.99. The highest BCUT2D eigenvalue weighted by molar-refractivity contribution is 5.92. The Balaban J connectivity index is 2.10. The van der Waals surface area contributed by atoms with E-state index in [1.807, 2.05) is 30.3 Å². The highest BCUT2D eigenvalue weighted by atomic mass is 16.5. The van der Waals surface area contributed by atoms with Gasteiger partial charge in [-0.2, -0.15) is 5.10 Å². The second kappa shape index (κ2) is 4.61. The van der Waals surface area contributed by atoms with Crippen molar-refractivity contribution in [3.63, 3.8) is 0 Å². The van der Waals surface area contributed by atoms with E-state index in [4.69, 9.17) is 10.5 Å². The molecule has 1 aromatic carbocycles. The second-order valence-corrected chi connectivity index (χ2v) is 4.24. The van der Waals surface area contributed by atoms with Crippen molar-refractivity contribution in [1.29, 1.82) is 0 Å². The van der Waals surface area contributed by atoms with Gasteiger partial charge in [0.05, 0.1) is 13.7 Å². The summed E-state index contributed by atoms with van der Waals surface area (Å²) in [6.07, 6.45) is 1.70. The molecule has 0 atom stereocenters. The molecule has 0 saturated carbocycles. The van der Waals surface area contributed by atoms with Gasteiger partial charge in [0.15, 0.2) is 11.5 Å². The molecule has 0 aliphatic carbocycles. The van der Waals surface area contributed by atoms with Crippen molar-refractivity contribution in [2.75, 3.05) is 12.8 Å². The standard InChI is InChI=1S/C14H14N4O/c1-19-11-7-8-16-14-12(11)13(15)17-18(14)9-10-5-3-2-4-6-10/h2-8H,9H2,1H3,(H2,15,17). The quantitative estimate of drug-likeness (QED) is 0.777. The summed E-state index contributed by atoms with van der Waals surface area (Å²) in [5.41, 5.74) is 7.84. The van der Waals surface area contributed by atoms with Crippen LogP contribution in [0.25, 0.3) is 11.0 Å². The largest absolute Gasteiger partial charge is 0.496 e. The van der Waals surface area contributed by atoms with Crippen molar-refractivity contribution in [2.24, 2.45) is 0 Å². The van der Waals surface area contributed by atoms with Gasteiger partial charge < -0.3 is 10.5 Å². The molecular formula is C14H14N4O. The maximum Gasteiger partial charge on any atom is 0.164 e. The molecule has 2 heterocycles. The summed E-state index contributed by atoms with van der Waals surface area (Å²) in [7, 11) is 1.61. The van der Waals surface area contributed by atoms with Crippen molar-refractivity contribution in [2.45, 2.75) is 6.54 Å². The van der Waals surface area contributed by atoms with Crippen LogP contribution >= 0.6 is 0 Å². The summed E-state index contributed by atoms with van der Waals surface area (Å²) < 4.78 is 7.09. The predicted molar refractivity (Wildman–Crippen MR) is 74.0 cm³/mol. The first-order valence-electron chi connectivity index (χ1n) is 5.98. The number of nitrogen functional groups attached to an aromatic ring is 1. The highest BCUT2D eigenvalue weighted by Gasteiger charge is 2.13. The van der Waals surface area contributed by atoms with Crippen molar-refractivity contribution < 1.29 is 4.74 Å². The van der Waals surface area contributed by atoms with E-state index in [9.17, 15) is 0 Å². The van der Waals surface area contributed by atoms with Crippen LogP contribution in [0, 0.1) is 0 Å². The molecule has 0 unspecified atom stereocenters. The van der Waals surface area contributed by atoms with Crippen LogP contribution in [0.2, 0.25) is 0 Å². The number of pyridine rings is 1. The lowest BCUT2D eigenvalue weighted by molar-refractivity contribution is 0.419. The van der Waals surface area contributed by atoms with Gasteiger partial charge in [-0.3, -0.25) is 0 Å². The molecule has 2 aromatic heterocycles. The normalized spacial score (nSPS) is 10.8. The number of nitrogens with two attached hydrogens (primary N) is 1. The lowest BCUT2D eigenvalue weighted by atomic mass is 10.2. The van der Waals surface area contributed by atoms with Crippen LogP contribution in [-0.4, -0.2) is 21.9 Å². The molecule has 3 rings (SSSR count). The number of rotatable bonds is 3. The molecule has 0 aliphatic heterocycles. The molecule has 0 fully saturated rings. The van der Waals surface area contributed by atoms with Gasteiger partial charge in [-0.15, -0.1) is 0 Å². The number of hydrogen-bond acceptors (Lipinski definition) is 4. The summed E-state index contributed by atoms with van der Waals surface area (Å²) in [4.78, 5) is 4.35. The smallest absolute Gasteiger partial charge is 0.164 e. The van der Waals surface area contributed by atoms with E-state index in [1.165, 1.54) is 0 Å². The molecule has 2 N–H and O–H groups in total. The number of hydrogen-bond donors (Lipinski definition) is 1. The molecule has 0 aliphatic rings. The minimum atomic E-state index is 0.441. The predicted octanol–water partition coefficient (Wildman–Crippen LogP) is 2.07. The Labute approximate surface area is 110 Å². The van der Waals surface area contributed by atoms with Crippen LogP contribution < -0.4 is 10.5 Å². The second-order valence-electron chi connectivity index (χ2n) is 4.24. The van der Waals surface area contributed by atoms with Crippen molar-refractivity contribution >= 4 is 16.9 Å². The number of fused-ring (bicyclic) bond motifs is 1. The fourth-order valence-electron chi connectivity index (χ4n) is 2.13. The summed E-state index contributed by atoms with van der Waals surface area (Å²) in [5.74, 6) is 1.14. The maximum absolute atomic E-state index is 5.96. The highest BCUT2D eigenvalue weighted by Crippen LogP contribution is 2.28. The van der Waals surface area contributed by atoms with Gasteiger partial charge in [0.25, 0.3) is 0 Å². The summed E-state index contributed by atoms with van der Waals surface area (Å²) in [6, 6.07) is 11.9. The number of aromatic nitrogens is 3. The van der Waals surface area contributed by atoms with Crippen LogP contribution in [0.15, 0.2) is 42.6 Å². The molecule has 5 nitrogen and oxygen atoms in total. The van der Waals surface area contributed by atoms with Crippen molar-refractivity contribution in [3.05, 3.63) is 48.2 Å². The molecule has 0 spiro atoms. The van der Waals surface area contributed by atoms with Gasteiger partial charge in [0.1, 0.15) is 11.1 Å². The fourth-order valence-corrected chi connectivity index (χ4v) is 2.13. The average molecular weight is 254 g/mol. The molecule has 19 heavy (non-hydrogen) atoms. The summed E-state index contributed by atoms with van der Waals surface area (Å²) >= 11 is 0. The summed E-state index contributed by atoms with van der Waals surface area (Å²) in [6.45, 7) is 0.634. The van der Waals surface area contributed by atoms with E-state index in [0.717, 1.165) is 16.6 Å². The van der Waals surface area contributed by atoms with E-state index >= 15 is 0 Å². The number of ether oxygens (including phenoxy) is 1. The average Bonchev–Trinajstić information content (AvgIpc) is 2.77. The lowest BCUT2D eigenvalue weighted by Crippen LogP contribution is -2.02. The van der Waals surface area contributed by atoms with E-state index in [-0.39, 0.29) is 0 Å². The zero-order chi connectivity index (χ0) is 13.2. The molecular weight excluding hydrogens is 240 g/mol. The summed E-state index contributed by atoms with van der Waals surface area (Å²) in [5, 5.41) is 5.11. The Kier molecular flexibility index (Phi) is 2.79. The molecule has 5 heteroatoms. The first-order valence-corrected chi connectivity index (χ1v) is 5.98. The minimum Gasteiger partial charge on any atom is -0.496 e. The number of nitrogens with zero attached hydrogens (tertiary/aromatic N) is 3. The first kappa shape index (κ1) is 11.5. The third-order valence-corrected chi connectivity index (χ3v) is 3.02. The molecule has 96 valence electrons. The van der Waals surface area contributed by atoms with Crippen LogP contribution in [-0.2, 0) is 6.54 Å². The Morgan fingerprint density at radius 3 is 2.74 bits per heavy atom. The SMILES string of the molecule is COc1ccnc2c1c(N)nn2Cc1ccccc1. The van der Waals surface area contributed by atoms with Crippen molar-refractivity contribution in [1.82, 2.24) is 14.8 Å². The third-order valence-electron chi connectivity index (χ3n) is 3.02. The monoisotopic (exact) mass is 254 g/mol. The van der Waals surface area contributed by atoms with E-state index in [2.05, 4.69) is 10.1 Å². The van der Waals surface area contributed by atoms with Crippen LogP contribution in [0.3, 0.4) is 0 Å². The van der Waals surface area contributed by atoms with Gasteiger partial charge in [0.2, 0.25) is 0 Å². The Hall–Kier alpha value is -2.56. The molecule has 0 bridgehead atoms. The van der Waals surface area contributed by atoms with Gasteiger partial charge in [0, 0.05) is 6.20 Å². The fraction of sp³-hybridized carbons (Fsp3) is 0.143. The van der Waals surface area contributed by atoms with E-state index in [1.54, 1.807) is 24.1 Å². The first-order chi connectivity index (χ1) is 9.29. The van der Waals surface area contributed by atoms with E-state index < -0.39 is 0 Å². The lowest BCUT2D eigenvalue weighted by Gasteiger charge is -2.04. The zero-order valence-corrected chi connectivity index (χ0v) is 10.6. The molecule has 0 saturated heterocycles. The van der Waals surface area contributed by atoms with Crippen molar-refractivity contribution in [3.8, 4) is 5.75 Å². The van der Waals surface area contributed by atoms with Gasteiger partial charge >= 0.3 is 0 Å². The number of benzene rings is 1. The Morgan fingerprint density at radius 1 is 1.21 bits per heavy atom. The van der Waals surface area contributed by atoms with Gasteiger partial charge in [-0.25, -0.2) is 9.67 Å². The van der Waals surface area contributed by atoms with Gasteiger partial charge in [-0.05, 0) is 11.6 Å². The minimum absolute atomic E-state index is 0.441. The van der Waals surface area contributed by atoms with E-state index in [0.29, 0.717) is 18.1 Å². The number of methoxy groups -OCH3 is 1. The van der Waals surface area contributed by atoms with Crippen LogP contribution in [0.1, 0.15) is 5.56 Å². The maximum atomic E-state index is 5.96. The van der Waals surface area contributed by atoms with Gasteiger partial charge in [-0.1, -0.05) is 30.3 Å². The molecule has 0 amide bonds. The topological polar surface area (TPSA) is 66.0 Å². The molecule has 0 radical (unpaired) electrons. The number of anilines is 1. The van der Waals surface area contributed by atoms with Crippen LogP contribution in [0.5, 0.6) is 5.75 Å². The Morgan fingerprint density at radius 2 is 2.00 bits per heavy atom.